The zero-order valence-corrected chi connectivity index (χ0v) is 36.7. The van der Waals surface area contributed by atoms with Gasteiger partial charge in [0.25, 0.3) is 0 Å². The predicted molar refractivity (Wildman–Crippen MR) is 267 cm³/mol. The number of aromatic nitrogens is 1. The second kappa shape index (κ2) is 22.1. The maximum Gasteiger partial charge on any atom is 0.154 e. The van der Waals surface area contributed by atoms with E-state index in [1.54, 1.807) is 6.92 Å². The number of fused-ring (bicyclic) bond motifs is 4. The number of terminal acetylenes is 1. The Balaban J connectivity index is 0.000000458. The highest BCUT2D eigenvalue weighted by Gasteiger charge is 2.25. The van der Waals surface area contributed by atoms with Gasteiger partial charge in [-0.2, -0.15) is 0 Å². The maximum atomic E-state index is 4.80. The van der Waals surface area contributed by atoms with Crippen molar-refractivity contribution in [3.63, 3.8) is 0 Å². The average Bonchev–Trinajstić information content (AvgIpc) is 3.58. The average molecular weight is 831 g/mol. The van der Waals surface area contributed by atoms with Crippen molar-refractivity contribution in [2.24, 2.45) is 15.0 Å². The lowest BCUT2D eigenvalue weighted by molar-refractivity contribution is 1.02. The third-order valence-electron chi connectivity index (χ3n) is 9.83. The van der Waals surface area contributed by atoms with Gasteiger partial charge in [0, 0.05) is 37.9 Å². The summed E-state index contributed by atoms with van der Waals surface area (Å²) in [5, 5.41) is 3.37. The Kier molecular flexibility index (Phi) is 15.9. The molecule has 8 rings (SSSR count). The Morgan fingerprint density at radius 1 is 0.770 bits per heavy atom. The van der Waals surface area contributed by atoms with E-state index in [-0.39, 0.29) is 0 Å². The highest BCUT2D eigenvalue weighted by atomic mass is 32.2. The van der Waals surface area contributed by atoms with E-state index in [0.29, 0.717) is 12.4 Å². The third-order valence-corrected chi connectivity index (χ3v) is 12.4. The van der Waals surface area contributed by atoms with Crippen molar-refractivity contribution in [2.75, 3.05) is 6.54 Å². The summed E-state index contributed by atoms with van der Waals surface area (Å²) >= 11 is 3.72. The van der Waals surface area contributed by atoms with Crippen molar-refractivity contribution >= 4 is 66.4 Å². The van der Waals surface area contributed by atoms with E-state index in [0.717, 1.165) is 57.0 Å². The normalized spacial score (nSPS) is 12.2. The number of aliphatic imine (C=N–C) groups is 3. The largest absolute Gasteiger partial charge is 0.308 e. The van der Waals surface area contributed by atoms with Crippen LogP contribution in [0, 0.1) is 19.3 Å². The fraction of sp³-hybridized carbons (Fsp3) is 0.109. The highest BCUT2D eigenvalue weighted by molar-refractivity contribution is 8.05. The number of amidine groups is 1. The summed E-state index contributed by atoms with van der Waals surface area (Å²) in [7, 11) is 0. The van der Waals surface area contributed by atoms with Crippen molar-refractivity contribution in [1.82, 2.24) is 4.57 Å². The van der Waals surface area contributed by atoms with Crippen LogP contribution in [0.25, 0.3) is 40.4 Å². The Hall–Kier alpha value is -6.65. The summed E-state index contributed by atoms with van der Waals surface area (Å²) in [5.74, 6) is 2.89. The minimum atomic E-state index is 0.551. The Bertz CT molecular complexity index is 2890. The van der Waals surface area contributed by atoms with Gasteiger partial charge in [0.2, 0.25) is 0 Å². The zero-order chi connectivity index (χ0) is 43.0. The minimum Gasteiger partial charge on any atom is -0.308 e. The number of benzene rings is 6. The van der Waals surface area contributed by atoms with Crippen LogP contribution in [0.4, 0.5) is 0 Å². The summed E-state index contributed by atoms with van der Waals surface area (Å²) in [6, 6.07) is 49.1. The van der Waals surface area contributed by atoms with Crippen LogP contribution in [0.15, 0.2) is 198 Å². The van der Waals surface area contributed by atoms with Crippen molar-refractivity contribution in [2.45, 2.75) is 53.3 Å². The van der Waals surface area contributed by atoms with Gasteiger partial charge in [0.15, 0.2) is 5.84 Å². The molecule has 0 fully saturated rings. The molecule has 61 heavy (non-hydrogen) atoms. The van der Waals surface area contributed by atoms with Crippen molar-refractivity contribution < 1.29 is 0 Å². The first-order valence-electron chi connectivity index (χ1n) is 20.1. The number of nitrogens with zero attached hydrogens (tertiary/aromatic N) is 4. The smallest absolute Gasteiger partial charge is 0.154 e. The first-order valence-corrected chi connectivity index (χ1v) is 21.8. The molecular weight excluding hydrogens is 781 g/mol. The van der Waals surface area contributed by atoms with E-state index < -0.39 is 0 Å². The minimum absolute atomic E-state index is 0.551. The van der Waals surface area contributed by atoms with Crippen molar-refractivity contribution in [3.05, 3.63) is 197 Å². The fourth-order valence-corrected chi connectivity index (χ4v) is 9.27. The van der Waals surface area contributed by atoms with Gasteiger partial charge in [-0.1, -0.05) is 158 Å². The molecule has 0 saturated heterocycles. The SMILES string of the molecule is C#CC.C=NC(=NCc1ccccc1)c1cccc(-c2cccc(-n3c(/C=c4/ccccc4=C)c(C)c4ccc5c(c43)Sc3ccccc3S5)c2)c1.C=NCC/C=C\C=C/C. The number of aryl methyl sites for hydroxylation is 1. The van der Waals surface area contributed by atoms with E-state index in [4.69, 9.17) is 4.99 Å². The molecule has 7 aromatic rings. The molecule has 0 spiro atoms. The second-order valence-electron chi connectivity index (χ2n) is 14.0. The highest BCUT2D eigenvalue weighted by Crippen LogP contribution is 2.52. The summed E-state index contributed by atoms with van der Waals surface area (Å²) in [6.45, 7) is 18.8. The molecule has 0 amide bonds. The van der Waals surface area contributed by atoms with Crippen molar-refractivity contribution in [1.29, 1.82) is 0 Å². The van der Waals surface area contributed by atoms with Crippen LogP contribution in [0.5, 0.6) is 0 Å². The predicted octanol–water partition coefficient (Wildman–Crippen LogP) is 13.0. The summed E-state index contributed by atoms with van der Waals surface area (Å²) in [5.41, 5.74) is 9.02. The Labute approximate surface area is 369 Å². The third kappa shape index (κ3) is 10.9. The molecule has 1 aliphatic heterocycles. The van der Waals surface area contributed by atoms with E-state index >= 15 is 0 Å². The van der Waals surface area contributed by atoms with Crippen LogP contribution in [0.1, 0.15) is 42.7 Å². The van der Waals surface area contributed by atoms with Crippen LogP contribution < -0.4 is 10.4 Å². The maximum absolute atomic E-state index is 4.80. The number of rotatable bonds is 10. The molecule has 1 aromatic heterocycles. The number of hydrogen-bond donors (Lipinski definition) is 0. The van der Waals surface area contributed by atoms with Gasteiger partial charge in [-0.15, -0.1) is 12.3 Å². The molecule has 1 aliphatic rings. The number of allylic oxidation sites excluding steroid dienone is 3. The fourth-order valence-electron chi connectivity index (χ4n) is 6.89. The van der Waals surface area contributed by atoms with Crippen LogP contribution >= 0.6 is 23.5 Å². The molecule has 0 N–H and O–H groups in total. The van der Waals surface area contributed by atoms with Gasteiger partial charge in [0.1, 0.15) is 0 Å². The molecule has 6 heteroatoms. The lowest BCUT2D eigenvalue weighted by Crippen LogP contribution is -2.22. The molecule has 0 atom stereocenters. The van der Waals surface area contributed by atoms with E-state index in [1.807, 2.05) is 72.9 Å². The van der Waals surface area contributed by atoms with Crippen LogP contribution in [-0.2, 0) is 6.54 Å². The molecule has 2 heterocycles. The van der Waals surface area contributed by atoms with Crippen molar-refractivity contribution in [3.8, 4) is 29.2 Å². The molecule has 302 valence electrons. The standard InChI is InChI=1S/C44H33N3S2.C8H13N.C3H4/c1-29-13-7-8-16-32(29)27-38-30(2)37-23-24-41-43(49-40-22-10-9-21-39(40)48-41)42(37)47(38)36-20-12-18-34(26-36)33-17-11-19-35(25-33)44(45-3)46-28-31-14-5-4-6-15-31;1-3-4-5-6-7-8-9-2;1-3-2/h4-27H,1,3,28H2,2H3;3-6H,2,7-8H2,1H3;1H,2H3/b32-27-,46-44?;4-3-,6-5-;. The number of hydrogen-bond acceptors (Lipinski definition) is 4. The van der Waals surface area contributed by atoms with Gasteiger partial charge in [-0.25, -0.2) is 4.99 Å². The summed E-state index contributed by atoms with van der Waals surface area (Å²) in [4.78, 5) is 18.0. The molecule has 0 unspecified atom stereocenters. The quantitative estimate of drug-likeness (QED) is 0.0453. The molecular formula is C55H50N4S2. The lowest BCUT2D eigenvalue weighted by atomic mass is 10.0. The van der Waals surface area contributed by atoms with Gasteiger partial charge in [0.05, 0.1) is 22.7 Å². The molecule has 4 nitrogen and oxygen atoms in total. The summed E-state index contributed by atoms with van der Waals surface area (Å²) < 4.78 is 2.45. The van der Waals surface area contributed by atoms with E-state index in [9.17, 15) is 0 Å². The molecule has 0 aliphatic carbocycles. The van der Waals surface area contributed by atoms with Crippen LogP contribution in [0.3, 0.4) is 0 Å². The van der Waals surface area contributed by atoms with Crippen LogP contribution in [0.2, 0.25) is 0 Å². The molecule has 0 radical (unpaired) electrons. The van der Waals surface area contributed by atoms with Gasteiger partial charge < -0.3 is 9.56 Å². The van der Waals surface area contributed by atoms with Crippen LogP contribution in [-0.4, -0.2) is 30.4 Å². The van der Waals surface area contributed by atoms with Gasteiger partial charge in [-0.3, -0.25) is 4.99 Å². The second-order valence-corrected chi connectivity index (χ2v) is 16.2. The molecule has 6 aromatic carbocycles. The molecule has 0 saturated carbocycles. The first-order chi connectivity index (χ1) is 29.9. The monoisotopic (exact) mass is 830 g/mol. The van der Waals surface area contributed by atoms with E-state index in [1.165, 1.54) is 36.0 Å². The topological polar surface area (TPSA) is 42.0 Å². The first kappa shape index (κ1) is 43.9. The van der Waals surface area contributed by atoms with Gasteiger partial charge >= 0.3 is 0 Å². The zero-order valence-electron chi connectivity index (χ0n) is 35.1. The Morgan fingerprint density at radius 3 is 2.18 bits per heavy atom. The van der Waals surface area contributed by atoms with E-state index in [2.05, 4.69) is 181 Å². The lowest BCUT2D eigenvalue weighted by Gasteiger charge is -2.21. The summed E-state index contributed by atoms with van der Waals surface area (Å²) in [6.07, 6.45) is 16.0. The molecule has 0 bridgehead atoms. The van der Waals surface area contributed by atoms with Gasteiger partial charge in [-0.05, 0) is 116 Å². The Morgan fingerprint density at radius 2 is 1.46 bits per heavy atom.